The molecule has 0 aromatic heterocycles. The summed E-state index contributed by atoms with van der Waals surface area (Å²) < 4.78 is 10.8. The first-order chi connectivity index (χ1) is 10.3. The second-order valence-corrected chi connectivity index (χ2v) is 7.27. The zero-order valence-corrected chi connectivity index (χ0v) is 17.0. The Morgan fingerprint density at radius 2 is 1.96 bits per heavy atom. The van der Waals surface area contributed by atoms with Crippen molar-refractivity contribution in [1.29, 1.82) is 0 Å². The normalized spacial score (nSPS) is 21.0. The minimum Gasteiger partial charge on any atom is -0.459 e. The number of esters is 1. The molecule has 2 aliphatic heterocycles. The predicted octanol–water partition coefficient (Wildman–Crippen LogP) is 2.02. The average molecular weight is 439 g/mol. The van der Waals surface area contributed by atoms with Crippen molar-refractivity contribution < 1.29 is 14.3 Å². The van der Waals surface area contributed by atoms with Gasteiger partial charge in [-0.3, -0.25) is 9.79 Å². The van der Waals surface area contributed by atoms with E-state index in [0.29, 0.717) is 5.41 Å². The lowest BCUT2D eigenvalue weighted by atomic mass is 9.80. The monoisotopic (exact) mass is 439 g/mol. The number of carbonyl (C=O) groups excluding carboxylic acids is 1. The summed E-state index contributed by atoms with van der Waals surface area (Å²) in [5.41, 5.74) is -0.0934. The molecule has 0 unspecified atom stereocenters. The van der Waals surface area contributed by atoms with E-state index in [9.17, 15) is 4.79 Å². The van der Waals surface area contributed by atoms with Gasteiger partial charge in [0.2, 0.25) is 0 Å². The second kappa shape index (κ2) is 8.50. The smallest absolute Gasteiger partial charge is 0.325 e. The summed E-state index contributed by atoms with van der Waals surface area (Å²) >= 11 is 0. The molecule has 1 N–H and O–H groups in total. The first-order valence-corrected chi connectivity index (χ1v) is 8.09. The minimum atomic E-state index is -0.456. The van der Waals surface area contributed by atoms with Crippen molar-refractivity contribution in [2.75, 3.05) is 39.9 Å². The summed E-state index contributed by atoms with van der Waals surface area (Å²) in [6.07, 6.45) is 3.41. The van der Waals surface area contributed by atoms with E-state index in [1.54, 1.807) is 7.05 Å². The van der Waals surface area contributed by atoms with Gasteiger partial charge in [0.25, 0.3) is 0 Å². The molecule has 0 aliphatic carbocycles. The van der Waals surface area contributed by atoms with Gasteiger partial charge in [-0.2, -0.15) is 0 Å². The Hall–Kier alpha value is -0.570. The first kappa shape index (κ1) is 20.5. The highest BCUT2D eigenvalue weighted by atomic mass is 127. The van der Waals surface area contributed by atoms with Crippen molar-refractivity contribution in [3.05, 3.63) is 0 Å². The largest absolute Gasteiger partial charge is 0.459 e. The number of rotatable bonds is 2. The van der Waals surface area contributed by atoms with Gasteiger partial charge in [0.1, 0.15) is 12.1 Å². The summed E-state index contributed by atoms with van der Waals surface area (Å²) in [6, 6.07) is 0. The fourth-order valence-electron chi connectivity index (χ4n) is 3.19. The number of carbonyl (C=O) groups is 1. The molecule has 2 heterocycles. The van der Waals surface area contributed by atoms with Gasteiger partial charge in [0.15, 0.2) is 5.96 Å². The van der Waals surface area contributed by atoms with E-state index in [1.807, 2.05) is 20.8 Å². The SMILES string of the molecule is CN=C(NCC(=O)OC(C)(C)C)N1CCC2(CCOCC2)C1.I. The van der Waals surface area contributed by atoms with Crippen LogP contribution in [0.3, 0.4) is 0 Å². The van der Waals surface area contributed by atoms with Crippen LogP contribution in [0.1, 0.15) is 40.0 Å². The van der Waals surface area contributed by atoms with E-state index in [2.05, 4.69) is 15.2 Å². The molecule has 7 heteroatoms. The lowest BCUT2D eigenvalue weighted by molar-refractivity contribution is -0.153. The fourth-order valence-corrected chi connectivity index (χ4v) is 3.19. The Balaban J connectivity index is 0.00000264. The number of likely N-dealkylation sites (tertiary alicyclic amines) is 1. The zero-order chi connectivity index (χ0) is 16.2. The van der Waals surface area contributed by atoms with Crippen molar-refractivity contribution in [3.8, 4) is 0 Å². The summed E-state index contributed by atoms with van der Waals surface area (Å²) in [4.78, 5) is 18.4. The molecule has 0 amide bonds. The summed E-state index contributed by atoms with van der Waals surface area (Å²) in [5, 5.41) is 3.13. The van der Waals surface area contributed by atoms with Crippen LogP contribution < -0.4 is 5.32 Å². The Morgan fingerprint density at radius 3 is 2.52 bits per heavy atom. The van der Waals surface area contributed by atoms with E-state index in [0.717, 1.165) is 45.1 Å². The van der Waals surface area contributed by atoms with Gasteiger partial charge >= 0.3 is 5.97 Å². The third kappa shape index (κ3) is 6.10. The molecule has 2 saturated heterocycles. The van der Waals surface area contributed by atoms with E-state index in [-0.39, 0.29) is 36.5 Å². The highest BCUT2D eigenvalue weighted by molar-refractivity contribution is 14.0. The number of halogens is 1. The summed E-state index contributed by atoms with van der Waals surface area (Å²) in [5.74, 6) is 0.530. The van der Waals surface area contributed by atoms with Crippen molar-refractivity contribution >= 4 is 35.9 Å². The third-order valence-corrected chi connectivity index (χ3v) is 4.31. The molecular formula is C16H30IN3O3. The number of nitrogens with one attached hydrogen (secondary N) is 1. The highest BCUT2D eigenvalue weighted by Gasteiger charge is 2.40. The molecule has 6 nitrogen and oxygen atoms in total. The maximum Gasteiger partial charge on any atom is 0.325 e. The van der Waals surface area contributed by atoms with Crippen molar-refractivity contribution in [1.82, 2.24) is 10.2 Å². The van der Waals surface area contributed by atoms with E-state index < -0.39 is 5.60 Å². The van der Waals surface area contributed by atoms with E-state index >= 15 is 0 Å². The number of guanidine groups is 1. The molecule has 23 heavy (non-hydrogen) atoms. The first-order valence-electron chi connectivity index (χ1n) is 8.09. The van der Waals surface area contributed by atoms with E-state index in [4.69, 9.17) is 9.47 Å². The molecule has 2 fully saturated rings. The predicted molar refractivity (Wildman–Crippen MR) is 101 cm³/mol. The summed E-state index contributed by atoms with van der Waals surface area (Å²) in [7, 11) is 1.76. The van der Waals surface area contributed by atoms with Crippen LogP contribution in [0, 0.1) is 5.41 Å². The molecule has 0 aromatic carbocycles. The topological polar surface area (TPSA) is 63.2 Å². The maximum atomic E-state index is 11.8. The van der Waals surface area contributed by atoms with Crippen molar-refractivity contribution in [2.24, 2.45) is 10.4 Å². The van der Waals surface area contributed by atoms with Gasteiger partial charge in [0, 0.05) is 33.4 Å². The van der Waals surface area contributed by atoms with Crippen molar-refractivity contribution in [3.63, 3.8) is 0 Å². The lowest BCUT2D eigenvalue weighted by Gasteiger charge is -2.33. The Bertz CT molecular complexity index is 429. The van der Waals surface area contributed by atoms with Crippen LogP contribution in [0.4, 0.5) is 0 Å². The molecule has 2 rings (SSSR count). The maximum absolute atomic E-state index is 11.8. The molecule has 0 saturated carbocycles. The van der Waals surface area contributed by atoms with Crippen LogP contribution in [0.5, 0.6) is 0 Å². The average Bonchev–Trinajstić information content (AvgIpc) is 2.82. The van der Waals surface area contributed by atoms with Crippen LogP contribution in [-0.2, 0) is 14.3 Å². The van der Waals surface area contributed by atoms with Gasteiger partial charge in [-0.05, 0) is 45.4 Å². The van der Waals surface area contributed by atoms with Gasteiger partial charge in [-0.15, -0.1) is 24.0 Å². The van der Waals surface area contributed by atoms with Crippen LogP contribution in [-0.4, -0.2) is 62.3 Å². The number of hydrogen-bond donors (Lipinski definition) is 1. The number of aliphatic imine (C=N–C) groups is 1. The minimum absolute atomic E-state index is 0. The summed E-state index contributed by atoms with van der Waals surface area (Å²) in [6.45, 7) is 9.45. The van der Waals surface area contributed by atoms with Crippen LogP contribution in [0.25, 0.3) is 0 Å². The lowest BCUT2D eigenvalue weighted by Crippen LogP contribution is -2.44. The second-order valence-electron chi connectivity index (χ2n) is 7.27. The van der Waals surface area contributed by atoms with Gasteiger partial charge in [0.05, 0.1) is 0 Å². The molecule has 0 atom stereocenters. The van der Waals surface area contributed by atoms with Gasteiger partial charge in [-0.25, -0.2) is 0 Å². The standard InChI is InChI=1S/C16H29N3O3.HI/c1-15(2,3)22-13(20)11-18-14(17-4)19-8-5-16(12-19)6-9-21-10-7-16;/h5-12H2,1-4H3,(H,17,18);1H. The van der Waals surface area contributed by atoms with Crippen LogP contribution >= 0.6 is 24.0 Å². The van der Waals surface area contributed by atoms with E-state index in [1.165, 1.54) is 6.42 Å². The molecule has 0 aromatic rings. The number of hydrogen-bond acceptors (Lipinski definition) is 4. The molecule has 2 aliphatic rings. The number of nitrogens with zero attached hydrogens (tertiary/aromatic N) is 2. The zero-order valence-electron chi connectivity index (χ0n) is 14.7. The Labute approximate surface area is 156 Å². The van der Waals surface area contributed by atoms with Crippen LogP contribution in [0.2, 0.25) is 0 Å². The highest BCUT2D eigenvalue weighted by Crippen LogP contribution is 2.39. The molecule has 0 bridgehead atoms. The van der Waals surface area contributed by atoms with Crippen molar-refractivity contribution in [2.45, 2.75) is 45.6 Å². The van der Waals surface area contributed by atoms with Gasteiger partial charge in [-0.1, -0.05) is 0 Å². The quantitative estimate of drug-likeness (QED) is 0.309. The Morgan fingerprint density at radius 1 is 1.30 bits per heavy atom. The molecule has 0 radical (unpaired) electrons. The fraction of sp³-hybridized carbons (Fsp3) is 0.875. The number of ether oxygens (including phenoxy) is 2. The Kier molecular flexibility index (Phi) is 7.57. The third-order valence-electron chi connectivity index (χ3n) is 4.31. The van der Waals surface area contributed by atoms with Crippen LogP contribution in [0.15, 0.2) is 4.99 Å². The van der Waals surface area contributed by atoms with Gasteiger partial charge < -0.3 is 19.7 Å². The molecule has 134 valence electrons. The molecule has 1 spiro atoms. The molecular weight excluding hydrogens is 409 g/mol.